The fraction of sp³-hybridized carbons (Fsp3) is 0.167. The van der Waals surface area contributed by atoms with Gasteiger partial charge in [-0.1, -0.05) is 35.3 Å². The lowest BCUT2D eigenvalue weighted by Gasteiger charge is -2.03. The van der Waals surface area contributed by atoms with Crippen molar-refractivity contribution >= 4 is 23.2 Å². The Hall–Kier alpha value is -1.50. The Morgan fingerprint density at radius 2 is 2.18 bits per heavy atom. The summed E-state index contributed by atoms with van der Waals surface area (Å²) in [5.41, 5.74) is 2.06. The van der Waals surface area contributed by atoms with Crippen molar-refractivity contribution in [1.82, 2.24) is 9.78 Å². The second-order valence-electron chi connectivity index (χ2n) is 3.65. The first-order valence-electron chi connectivity index (χ1n) is 4.99. The maximum atomic E-state index is 8.91. The normalized spacial score (nSPS) is 10.2. The third kappa shape index (κ3) is 2.44. The molecule has 0 saturated carbocycles. The van der Waals surface area contributed by atoms with Crippen molar-refractivity contribution < 1.29 is 0 Å². The zero-order valence-corrected chi connectivity index (χ0v) is 10.6. The molecule has 0 atom stereocenters. The molecule has 3 nitrogen and oxygen atoms in total. The molecule has 1 heterocycles. The molecule has 2 aromatic rings. The highest BCUT2D eigenvalue weighted by Gasteiger charge is 2.12. The fourth-order valence-corrected chi connectivity index (χ4v) is 2.08. The van der Waals surface area contributed by atoms with E-state index in [1.54, 1.807) is 11.6 Å². The molecule has 0 saturated heterocycles. The highest BCUT2D eigenvalue weighted by atomic mass is 35.5. The molecule has 86 valence electrons. The van der Waals surface area contributed by atoms with Crippen LogP contribution < -0.4 is 0 Å². The summed E-state index contributed by atoms with van der Waals surface area (Å²) >= 11 is 12.0. The Morgan fingerprint density at radius 3 is 2.76 bits per heavy atom. The van der Waals surface area contributed by atoms with Gasteiger partial charge in [-0.25, -0.2) is 4.68 Å². The van der Waals surface area contributed by atoms with E-state index in [1.807, 2.05) is 30.3 Å². The number of halogens is 2. The molecule has 1 aromatic carbocycles. The number of rotatable bonds is 2. The quantitative estimate of drug-likeness (QED) is 0.835. The molecule has 0 N–H and O–H groups in total. The Labute approximate surface area is 109 Å². The molecule has 0 amide bonds. The first kappa shape index (κ1) is 12.0. The standard InChI is InChI=1S/C12H9Cl2N3/c1-8-11(6-15)12(14)17(16-8)7-9-3-2-4-10(13)5-9/h2-5H,7H2,1H3. The lowest BCUT2D eigenvalue weighted by molar-refractivity contribution is 0.680. The number of nitriles is 1. The van der Waals surface area contributed by atoms with Crippen LogP contribution >= 0.6 is 23.2 Å². The number of aryl methyl sites for hydroxylation is 1. The SMILES string of the molecule is Cc1nn(Cc2cccc(Cl)c2)c(Cl)c1C#N. The van der Waals surface area contributed by atoms with Crippen LogP contribution in [0.2, 0.25) is 10.2 Å². The van der Waals surface area contributed by atoms with Crippen molar-refractivity contribution in [3.8, 4) is 6.07 Å². The van der Waals surface area contributed by atoms with Crippen LogP contribution in [0.3, 0.4) is 0 Å². The first-order valence-corrected chi connectivity index (χ1v) is 5.75. The molecule has 0 spiro atoms. The largest absolute Gasteiger partial charge is 0.248 e. The van der Waals surface area contributed by atoms with E-state index in [4.69, 9.17) is 28.5 Å². The predicted octanol–water partition coefficient (Wildman–Crippen LogP) is 3.42. The van der Waals surface area contributed by atoms with E-state index in [0.29, 0.717) is 28.0 Å². The molecular formula is C12H9Cl2N3. The van der Waals surface area contributed by atoms with E-state index in [-0.39, 0.29) is 0 Å². The molecule has 1 aromatic heterocycles. The van der Waals surface area contributed by atoms with Gasteiger partial charge in [0.2, 0.25) is 0 Å². The average Bonchev–Trinajstić information content (AvgIpc) is 2.54. The number of hydrogen-bond donors (Lipinski definition) is 0. The van der Waals surface area contributed by atoms with Gasteiger partial charge in [0.05, 0.1) is 12.2 Å². The molecule has 0 aliphatic rings. The van der Waals surface area contributed by atoms with Crippen LogP contribution in [-0.2, 0) is 6.54 Å². The highest BCUT2D eigenvalue weighted by Crippen LogP contribution is 2.20. The fourth-order valence-electron chi connectivity index (χ4n) is 1.59. The first-order chi connectivity index (χ1) is 8.11. The van der Waals surface area contributed by atoms with Crippen molar-refractivity contribution in [2.24, 2.45) is 0 Å². The summed E-state index contributed by atoms with van der Waals surface area (Å²) in [6.07, 6.45) is 0. The van der Waals surface area contributed by atoms with E-state index >= 15 is 0 Å². The lowest BCUT2D eigenvalue weighted by Crippen LogP contribution is -2.01. The van der Waals surface area contributed by atoms with Crippen LogP contribution in [0, 0.1) is 18.3 Å². The maximum absolute atomic E-state index is 8.91. The third-order valence-corrected chi connectivity index (χ3v) is 3.02. The minimum Gasteiger partial charge on any atom is -0.248 e. The molecule has 2 rings (SSSR count). The Kier molecular flexibility index (Phi) is 3.37. The summed E-state index contributed by atoms with van der Waals surface area (Å²) in [5.74, 6) is 0. The van der Waals surface area contributed by atoms with Gasteiger partial charge in [0.1, 0.15) is 16.8 Å². The minimum absolute atomic E-state index is 0.366. The van der Waals surface area contributed by atoms with E-state index in [9.17, 15) is 0 Å². The van der Waals surface area contributed by atoms with E-state index in [2.05, 4.69) is 5.10 Å². The Morgan fingerprint density at radius 1 is 1.41 bits per heavy atom. The molecule has 5 heteroatoms. The van der Waals surface area contributed by atoms with Crippen molar-refractivity contribution in [3.63, 3.8) is 0 Å². The summed E-state index contributed by atoms with van der Waals surface area (Å²) in [4.78, 5) is 0. The summed E-state index contributed by atoms with van der Waals surface area (Å²) < 4.78 is 1.60. The molecule has 0 fully saturated rings. The lowest BCUT2D eigenvalue weighted by atomic mass is 10.2. The monoisotopic (exact) mass is 265 g/mol. The van der Waals surface area contributed by atoms with Crippen molar-refractivity contribution in [3.05, 3.63) is 51.3 Å². The van der Waals surface area contributed by atoms with Gasteiger partial charge in [-0.15, -0.1) is 0 Å². The topological polar surface area (TPSA) is 41.6 Å². The third-order valence-electron chi connectivity index (χ3n) is 2.40. The van der Waals surface area contributed by atoms with Crippen LogP contribution in [0.25, 0.3) is 0 Å². The van der Waals surface area contributed by atoms with E-state index in [0.717, 1.165) is 5.56 Å². The summed E-state index contributed by atoms with van der Waals surface area (Å²) in [6, 6.07) is 9.50. The van der Waals surface area contributed by atoms with Crippen LogP contribution in [-0.4, -0.2) is 9.78 Å². The smallest absolute Gasteiger partial charge is 0.145 e. The summed E-state index contributed by atoms with van der Waals surface area (Å²) in [6.45, 7) is 2.26. The number of aromatic nitrogens is 2. The van der Waals surface area contributed by atoms with Crippen LogP contribution in [0.4, 0.5) is 0 Å². The second kappa shape index (κ2) is 4.79. The average molecular weight is 266 g/mol. The molecule has 17 heavy (non-hydrogen) atoms. The van der Waals surface area contributed by atoms with Crippen molar-refractivity contribution in [2.75, 3.05) is 0 Å². The van der Waals surface area contributed by atoms with E-state index in [1.165, 1.54) is 0 Å². The van der Waals surface area contributed by atoms with Gasteiger partial charge < -0.3 is 0 Å². The summed E-state index contributed by atoms with van der Waals surface area (Å²) in [5, 5.41) is 14.2. The Balaban J connectivity index is 2.34. The minimum atomic E-state index is 0.366. The molecule has 0 unspecified atom stereocenters. The number of benzene rings is 1. The van der Waals surface area contributed by atoms with Gasteiger partial charge >= 0.3 is 0 Å². The number of nitrogens with zero attached hydrogens (tertiary/aromatic N) is 3. The van der Waals surface area contributed by atoms with E-state index < -0.39 is 0 Å². The molecular weight excluding hydrogens is 257 g/mol. The van der Waals surface area contributed by atoms with Crippen molar-refractivity contribution in [1.29, 1.82) is 5.26 Å². The molecule has 0 bridgehead atoms. The van der Waals surface area contributed by atoms with Gasteiger partial charge in [0.15, 0.2) is 0 Å². The molecule has 0 radical (unpaired) electrons. The zero-order chi connectivity index (χ0) is 12.4. The van der Waals surface area contributed by atoms with Gasteiger partial charge in [-0.2, -0.15) is 10.4 Å². The van der Waals surface area contributed by atoms with Crippen LogP contribution in [0.15, 0.2) is 24.3 Å². The van der Waals surface area contributed by atoms with Gasteiger partial charge in [-0.3, -0.25) is 0 Å². The molecule has 0 aliphatic carbocycles. The molecule has 0 aliphatic heterocycles. The second-order valence-corrected chi connectivity index (χ2v) is 4.45. The highest BCUT2D eigenvalue weighted by molar-refractivity contribution is 6.31. The van der Waals surface area contributed by atoms with Crippen LogP contribution in [0.1, 0.15) is 16.8 Å². The van der Waals surface area contributed by atoms with Crippen LogP contribution in [0.5, 0.6) is 0 Å². The van der Waals surface area contributed by atoms with Gasteiger partial charge in [0.25, 0.3) is 0 Å². The predicted molar refractivity (Wildman–Crippen MR) is 67.2 cm³/mol. The number of hydrogen-bond acceptors (Lipinski definition) is 2. The van der Waals surface area contributed by atoms with Crippen molar-refractivity contribution in [2.45, 2.75) is 13.5 Å². The maximum Gasteiger partial charge on any atom is 0.145 e. The Bertz CT molecular complexity index is 596. The summed E-state index contributed by atoms with van der Waals surface area (Å²) in [7, 11) is 0. The zero-order valence-electron chi connectivity index (χ0n) is 9.11. The van der Waals surface area contributed by atoms with Gasteiger partial charge in [-0.05, 0) is 24.6 Å². The van der Waals surface area contributed by atoms with Gasteiger partial charge in [0, 0.05) is 5.02 Å².